The van der Waals surface area contributed by atoms with Crippen LogP contribution in [0.3, 0.4) is 0 Å². The van der Waals surface area contributed by atoms with Crippen LogP contribution in [0.1, 0.15) is 13.3 Å². The Balaban J connectivity index is 1.68. The summed E-state index contributed by atoms with van der Waals surface area (Å²) in [6.45, 7) is 3.29. The third-order valence-corrected chi connectivity index (χ3v) is 5.23. The number of hydrogen-bond acceptors (Lipinski definition) is 2. The van der Waals surface area contributed by atoms with E-state index in [0.717, 1.165) is 18.9 Å². The Morgan fingerprint density at radius 2 is 2.15 bits per heavy atom. The molecule has 0 amide bonds. The van der Waals surface area contributed by atoms with Crippen LogP contribution in [-0.2, 0) is 0 Å². The smallest absolute Gasteiger partial charge is 0.122 e. The van der Waals surface area contributed by atoms with Crippen molar-refractivity contribution in [1.29, 1.82) is 0 Å². The van der Waals surface area contributed by atoms with Crippen molar-refractivity contribution in [3.63, 3.8) is 0 Å². The lowest BCUT2D eigenvalue weighted by Gasteiger charge is -2.16. The standard InChI is InChI=1S/C9H15Cl2NS/c1-6-4-13-5-8(6)12-3-7-2-9(7,10)11/h6-8,12H,2-5H2,1H3. The summed E-state index contributed by atoms with van der Waals surface area (Å²) in [4.78, 5) is 0. The molecule has 3 atom stereocenters. The maximum absolute atomic E-state index is 5.95. The quantitative estimate of drug-likeness (QED) is 0.761. The van der Waals surface area contributed by atoms with Gasteiger partial charge in [-0.25, -0.2) is 0 Å². The molecule has 0 spiro atoms. The van der Waals surface area contributed by atoms with E-state index in [1.54, 1.807) is 0 Å². The highest BCUT2D eigenvalue weighted by molar-refractivity contribution is 7.99. The highest BCUT2D eigenvalue weighted by Crippen LogP contribution is 2.52. The minimum absolute atomic E-state index is 0.415. The molecule has 2 rings (SSSR count). The molecular formula is C9H15Cl2NS. The lowest BCUT2D eigenvalue weighted by atomic mass is 10.1. The summed E-state index contributed by atoms with van der Waals surface area (Å²) in [5.74, 6) is 3.80. The van der Waals surface area contributed by atoms with Crippen molar-refractivity contribution in [2.45, 2.75) is 23.7 Å². The van der Waals surface area contributed by atoms with Crippen LogP contribution >= 0.6 is 35.0 Å². The van der Waals surface area contributed by atoms with E-state index in [-0.39, 0.29) is 0 Å². The number of rotatable bonds is 3. The first-order chi connectivity index (χ1) is 6.09. The monoisotopic (exact) mass is 239 g/mol. The van der Waals surface area contributed by atoms with Gasteiger partial charge in [0.2, 0.25) is 0 Å². The fourth-order valence-corrected chi connectivity index (χ4v) is 3.67. The van der Waals surface area contributed by atoms with Crippen LogP contribution in [0.15, 0.2) is 0 Å². The molecule has 0 bridgehead atoms. The number of hydrogen-bond donors (Lipinski definition) is 1. The SMILES string of the molecule is CC1CSCC1NCC1CC1(Cl)Cl. The van der Waals surface area contributed by atoms with Gasteiger partial charge >= 0.3 is 0 Å². The Kier molecular flexibility index (Phi) is 3.05. The van der Waals surface area contributed by atoms with Gasteiger partial charge in [0, 0.05) is 24.3 Å². The molecule has 1 heterocycles. The molecule has 0 aromatic carbocycles. The second kappa shape index (κ2) is 3.80. The molecule has 2 aliphatic rings. The van der Waals surface area contributed by atoms with Crippen LogP contribution in [0, 0.1) is 11.8 Å². The van der Waals surface area contributed by atoms with E-state index in [4.69, 9.17) is 23.2 Å². The highest BCUT2D eigenvalue weighted by atomic mass is 35.5. The molecular weight excluding hydrogens is 225 g/mol. The maximum atomic E-state index is 5.95. The van der Waals surface area contributed by atoms with Crippen LogP contribution in [0.4, 0.5) is 0 Å². The second-order valence-electron chi connectivity index (χ2n) is 4.19. The van der Waals surface area contributed by atoms with Crippen LogP contribution in [0.2, 0.25) is 0 Å². The highest BCUT2D eigenvalue weighted by Gasteiger charge is 2.51. The number of alkyl halides is 2. The molecule has 1 nitrogen and oxygen atoms in total. The molecule has 13 heavy (non-hydrogen) atoms. The molecule has 3 unspecified atom stereocenters. The van der Waals surface area contributed by atoms with Crippen molar-refractivity contribution >= 4 is 35.0 Å². The minimum Gasteiger partial charge on any atom is -0.312 e. The van der Waals surface area contributed by atoms with E-state index in [9.17, 15) is 0 Å². The Bertz CT molecular complexity index is 198. The second-order valence-corrected chi connectivity index (χ2v) is 6.81. The Hall–Kier alpha value is 0.890. The molecule has 1 N–H and O–H groups in total. The van der Waals surface area contributed by atoms with Gasteiger partial charge in [0.25, 0.3) is 0 Å². The molecule has 0 aromatic heterocycles. The Labute approximate surface area is 93.9 Å². The summed E-state index contributed by atoms with van der Waals surface area (Å²) in [7, 11) is 0. The largest absolute Gasteiger partial charge is 0.312 e. The molecule has 4 heteroatoms. The van der Waals surface area contributed by atoms with E-state index in [1.807, 2.05) is 11.8 Å². The molecule has 0 aromatic rings. The normalized spacial score (nSPS) is 42.2. The summed E-state index contributed by atoms with van der Waals surface area (Å²) >= 11 is 13.9. The molecule has 1 aliphatic carbocycles. The number of halogens is 2. The topological polar surface area (TPSA) is 12.0 Å². The van der Waals surface area contributed by atoms with E-state index in [0.29, 0.717) is 12.0 Å². The first-order valence-electron chi connectivity index (χ1n) is 4.78. The van der Waals surface area contributed by atoms with Crippen molar-refractivity contribution < 1.29 is 0 Å². The van der Waals surface area contributed by atoms with Gasteiger partial charge in [-0.05, 0) is 18.1 Å². The summed E-state index contributed by atoms with van der Waals surface area (Å²) in [6.07, 6.45) is 0.956. The van der Waals surface area contributed by atoms with Crippen LogP contribution in [-0.4, -0.2) is 28.4 Å². The zero-order valence-corrected chi connectivity index (χ0v) is 10.1. The first-order valence-corrected chi connectivity index (χ1v) is 6.69. The zero-order chi connectivity index (χ0) is 9.47. The van der Waals surface area contributed by atoms with Gasteiger partial charge in [0.15, 0.2) is 0 Å². The van der Waals surface area contributed by atoms with E-state index in [1.165, 1.54) is 11.5 Å². The van der Waals surface area contributed by atoms with Crippen molar-refractivity contribution in [2.24, 2.45) is 11.8 Å². The van der Waals surface area contributed by atoms with Gasteiger partial charge in [-0.1, -0.05) is 6.92 Å². The number of thioether (sulfide) groups is 1. The third-order valence-electron chi connectivity index (χ3n) is 2.95. The zero-order valence-electron chi connectivity index (χ0n) is 7.72. The summed E-state index contributed by atoms with van der Waals surface area (Å²) in [5, 5.41) is 3.56. The van der Waals surface area contributed by atoms with Gasteiger partial charge in [-0.15, -0.1) is 23.2 Å². The van der Waals surface area contributed by atoms with Crippen molar-refractivity contribution in [1.82, 2.24) is 5.32 Å². The summed E-state index contributed by atoms with van der Waals surface area (Å²) in [5.41, 5.74) is 0. The lowest BCUT2D eigenvalue weighted by Crippen LogP contribution is -2.35. The lowest BCUT2D eigenvalue weighted by molar-refractivity contribution is 0.444. The molecule has 1 saturated carbocycles. The number of nitrogens with one attached hydrogen (secondary N) is 1. The van der Waals surface area contributed by atoms with E-state index in [2.05, 4.69) is 12.2 Å². The molecule has 0 radical (unpaired) electrons. The average molecular weight is 240 g/mol. The average Bonchev–Trinajstić information content (AvgIpc) is 2.47. The van der Waals surface area contributed by atoms with Crippen molar-refractivity contribution in [2.75, 3.05) is 18.1 Å². The predicted molar refractivity (Wildman–Crippen MR) is 60.8 cm³/mol. The van der Waals surface area contributed by atoms with Gasteiger partial charge in [-0.3, -0.25) is 0 Å². The molecule has 1 aliphatic heterocycles. The van der Waals surface area contributed by atoms with Crippen LogP contribution in [0.5, 0.6) is 0 Å². The van der Waals surface area contributed by atoms with Crippen molar-refractivity contribution in [3.05, 3.63) is 0 Å². The molecule has 2 fully saturated rings. The fraction of sp³-hybridized carbons (Fsp3) is 1.00. The predicted octanol–water partition coefficient (Wildman–Crippen LogP) is 2.52. The Morgan fingerprint density at radius 3 is 2.62 bits per heavy atom. The van der Waals surface area contributed by atoms with Crippen LogP contribution in [0.25, 0.3) is 0 Å². The summed E-state index contributed by atoms with van der Waals surface area (Å²) < 4.78 is -0.415. The maximum Gasteiger partial charge on any atom is 0.122 e. The van der Waals surface area contributed by atoms with Gasteiger partial charge in [-0.2, -0.15) is 11.8 Å². The third kappa shape index (κ3) is 2.47. The van der Waals surface area contributed by atoms with Crippen molar-refractivity contribution in [3.8, 4) is 0 Å². The minimum atomic E-state index is -0.415. The molecule has 1 saturated heterocycles. The van der Waals surface area contributed by atoms with Gasteiger partial charge in [0.1, 0.15) is 4.33 Å². The molecule has 76 valence electrons. The van der Waals surface area contributed by atoms with Crippen LogP contribution < -0.4 is 5.32 Å². The fourth-order valence-electron chi connectivity index (χ4n) is 1.71. The first kappa shape index (κ1) is 10.4. The summed E-state index contributed by atoms with van der Waals surface area (Å²) in [6, 6.07) is 0.676. The van der Waals surface area contributed by atoms with Gasteiger partial charge < -0.3 is 5.32 Å². The Morgan fingerprint density at radius 1 is 1.46 bits per heavy atom. The van der Waals surface area contributed by atoms with Gasteiger partial charge in [0.05, 0.1) is 0 Å². The van der Waals surface area contributed by atoms with E-state index < -0.39 is 4.33 Å². The van der Waals surface area contributed by atoms with E-state index >= 15 is 0 Å².